The summed E-state index contributed by atoms with van der Waals surface area (Å²) in [5.41, 5.74) is 0.501. The molecule has 4 rings (SSSR count). The van der Waals surface area contributed by atoms with Gasteiger partial charge in [-0.15, -0.1) is 11.3 Å². The van der Waals surface area contributed by atoms with E-state index in [0.717, 1.165) is 29.1 Å². The minimum absolute atomic E-state index is 0.0903. The van der Waals surface area contributed by atoms with E-state index in [1.165, 1.54) is 23.5 Å². The number of nitrogens with zero attached hydrogens (tertiary/aromatic N) is 5. The molecule has 12 heteroatoms. The van der Waals surface area contributed by atoms with E-state index in [0.29, 0.717) is 43.7 Å². The van der Waals surface area contributed by atoms with Gasteiger partial charge >= 0.3 is 6.18 Å². The smallest absolute Gasteiger partial charge is 0.338 e. The number of alkyl halides is 3. The van der Waals surface area contributed by atoms with Crippen LogP contribution in [0.5, 0.6) is 0 Å². The number of piperazine rings is 1. The van der Waals surface area contributed by atoms with Crippen molar-refractivity contribution in [1.29, 1.82) is 0 Å². The summed E-state index contributed by atoms with van der Waals surface area (Å²) < 4.78 is 44.1. The number of thiazole rings is 1. The second-order valence-corrected chi connectivity index (χ2v) is 9.27. The number of nitrogens with one attached hydrogen (secondary N) is 1. The Bertz CT molecular complexity index is 1140. The first-order chi connectivity index (χ1) is 16.2. The maximum atomic E-state index is 12.9. The summed E-state index contributed by atoms with van der Waals surface area (Å²) in [5.74, 6) is 0.372. The van der Waals surface area contributed by atoms with Crippen LogP contribution in [0.3, 0.4) is 0 Å². The third-order valence-electron chi connectivity index (χ3n) is 5.58. The second-order valence-electron chi connectivity index (χ2n) is 8.07. The molecule has 0 unspecified atom stereocenters. The fraction of sp³-hybridized carbons (Fsp3) is 0.455. The number of hydrogen-bond acceptors (Lipinski definition) is 8. The molecule has 1 amide bonds. The van der Waals surface area contributed by atoms with E-state index in [-0.39, 0.29) is 23.8 Å². The number of anilines is 1. The molecule has 8 nitrogen and oxygen atoms in total. The lowest BCUT2D eigenvalue weighted by atomic mass is 10.1. The molecule has 3 heterocycles. The van der Waals surface area contributed by atoms with Crippen LogP contribution in [-0.4, -0.2) is 63.6 Å². The molecule has 0 atom stereocenters. The third-order valence-corrected chi connectivity index (χ3v) is 6.51. The van der Waals surface area contributed by atoms with E-state index in [1.807, 2.05) is 13.8 Å². The molecule has 1 aliphatic rings. The van der Waals surface area contributed by atoms with Crippen molar-refractivity contribution in [2.75, 3.05) is 38.0 Å². The van der Waals surface area contributed by atoms with Crippen molar-refractivity contribution in [1.82, 2.24) is 24.9 Å². The highest BCUT2D eigenvalue weighted by molar-refractivity contribution is 7.15. The van der Waals surface area contributed by atoms with Crippen molar-refractivity contribution in [2.24, 2.45) is 0 Å². The van der Waals surface area contributed by atoms with Crippen LogP contribution in [0.15, 0.2) is 28.8 Å². The van der Waals surface area contributed by atoms with E-state index < -0.39 is 11.7 Å². The van der Waals surface area contributed by atoms with Crippen LogP contribution in [0.2, 0.25) is 0 Å². The standard InChI is InChI=1S/C22H25F3N6O2S/c1-3-17-14(2)34-21(26-17)27-18(32)12-30-7-9-31(10-8-30)13-19-28-20(29-33-19)15-5-4-6-16(11-15)22(23,24)25/h4-6,11H,3,7-10,12-13H2,1-2H3,(H,26,27,32). The number of carbonyl (C=O) groups is 1. The topological polar surface area (TPSA) is 87.4 Å². The van der Waals surface area contributed by atoms with Crippen molar-refractivity contribution in [3.63, 3.8) is 0 Å². The number of carbonyl (C=O) groups excluding carboxylic acids is 1. The number of halogens is 3. The van der Waals surface area contributed by atoms with Crippen LogP contribution in [0.25, 0.3) is 11.4 Å². The van der Waals surface area contributed by atoms with Crippen molar-refractivity contribution in [2.45, 2.75) is 33.0 Å². The molecule has 0 saturated carbocycles. The van der Waals surface area contributed by atoms with Gasteiger partial charge in [0, 0.05) is 36.6 Å². The number of aromatic nitrogens is 3. The second kappa shape index (κ2) is 10.2. The monoisotopic (exact) mass is 494 g/mol. The molecule has 2 aromatic heterocycles. The number of amides is 1. The highest BCUT2D eigenvalue weighted by Crippen LogP contribution is 2.31. The Kier molecular flexibility index (Phi) is 7.29. The first-order valence-corrected chi connectivity index (χ1v) is 11.7. The van der Waals surface area contributed by atoms with E-state index in [9.17, 15) is 18.0 Å². The molecule has 3 aromatic rings. The van der Waals surface area contributed by atoms with Crippen LogP contribution in [0.1, 0.15) is 28.9 Å². The summed E-state index contributed by atoms with van der Waals surface area (Å²) in [6, 6.07) is 4.85. The summed E-state index contributed by atoms with van der Waals surface area (Å²) in [6.45, 7) is 7.50. The zero-order valence-electron chi connectivity index (χ0n) is 18.9. The highest BCUT2D eigenvalue weighted by atomic mass is 32.1. The minimum Gasteiger partial charge on any atom is -0.338 e. The molecule has 1 saturated heterocycles. The SMILES string of the molecule is CCc1nc(NC(=O)CN2CCN(Cc3nc(-c4cccc(C(F)(F)F)c4)no3)CC2)sc1C. The summed E-state index contributed by atoms with van der Waals surface area (Å²) in [4.78, 5) is 26.4. The van der Waals surface area contributed by atoms with Crippen molar-refractivity contribution in [3.05, 3.63) is 46.3 Å². The molecular formula is C22H25F3N6O2S. The zero-order chi connectivity index (χ0) is 24.3. The Morgan fingerprint density at radius 1 is 1.18 bits per heavy atom. The van der Waals surface area contributed by atoms with Crippen molar-refractivity contribution >= 4 is 22.4 Å². The quantitative estimate of drug-likeness (QED) is 0.534. The maximum Gasteiger partial charge on any atom is 0.416 e. The van der Waals surface area contributed by atoms with Gasteiger partial charge in [-0.05, 0) is 25.5 Å². The molecule has 0 aliphatic carbocycles. The lowest BCUT2D eigenvalue weighted by Crippen LogP contribution is -2.48. The van der Waals surface area contributed by atoms with Crippen LogP contribution >= 0.6 is 11.3 Å². The Labute approximate surface area is 198 Å². The van der Waals surface area contributed by atoms with Gasteiger partial charge in [0.15, 0.2) is 5.13 Å². The molecule has 0 radical (unpaired) electrons. The Hall–Kier alpha value is -2.83. The van der Waals surface area contributed by atoms with E-state index in [2.05, 4.69) is 30.2 Å². The van der Waals surface area contributed by atoms with Gasteiger partial charge < -0.3 is 9.84 Å². The van der Waals surface area contributed by atoms with Gasteiger partial charge in [-0.3, -0.25) is 14.6 Å². The molecule has 1 N–H and O–H groups in total. The normalized spacial score (nSPS) is 15.6. The van der Waals surface area contributed by atoms with Crippen molar-refractivity contribution < 1.29 is 22.5 Å². The maximum absolute atomic E-state index is 12.9. The van der Waals surface area contributed by atoms with Crippen LogP contribution in [-0.2, 0) is 23.9 Å². The Balaban J connectivity index is 1.26. The van der Waals surface area contributed by atoms with E-state index in [1.54, 1.807) is 0 Å². The molecular weight excluding hydrogens is 469 g/mol. The van der Waals surface area contributed by atoms with Crippen LogP contribution in [0.4, 0.5) is 18.3 Å². The molecule has 0 bridgehead atoms. The first kappa shape index (κ1) is 24.3. The lowest BCUT2D eigenvalue weighted by molar-refractivity contribution is -0.137. The fourth-order valence-corrected chi connectivity index (χ4v) is 4.66. The number of aryl methyl sites for hydroxylation is 2. The van der Waals surface area contributed by atoms with Gasteiger partial charge in [0.25, 0.3) is 0 Å². The Morgan fingerprint density at radius 2 is 1.91 bits per heavy atom. The predicted octanol–water partition coefficient (Wildman–Crippen LogP) is 3.84. The largest absolute Gasteiger partial charge is 0.416 e. The molecule has 1 aliphatic heterocycles. The van der Waals surface area contributed by atoms with Gasteiger partial charge in [0.05, 0.1) is 24.3 Å². The van der Waals surface area contributed by atoms with Gasteiger partial charge in [-0.2, -0.15) is 18.2 Å². The molecule has 1 aromatic carbocycles. The summed E-state index contributed by atoms with van der Waals surface area (Å²) in [6.07, 6.45) is -3.60. The zero-order valence-corrected chi connectivity index (χ0v) is 19.7. The summed E-state index contributed by atoms with van der Waals surface area (Å²) in [5, 5.41) is 7.34. The summed E-state index contributed by atoms with van der Waals surface area (Å²) >= 11 is 1.48. The van der Waals surface area contributed by atoms with Gasteiger partial charge in [0.2, 0.25) is 17.6 Å². The number of hydrogen-bond donors (Lipinski definition) is 1. The van der Waals surface area contributed by atoms with Crippen LogP contribution < -0.4 is 5.32 Å². The highest BCUT2D eigenvalue weighted by Gasteiger charge is 2.31. The summed E-state index contributed by atoms with van der Waals surface area (Å²) in [7, 11) is 0. The average Bonchev–Trinajstić information content (AvgIpc) is 3.40. The molecule has 34 heavy (non-hydrogen) atoms. The number of benzene rings is 1. The molecule has 1 fully saturated rings. The lowest BCUT2D eigenvalue weighted by Gasteiger charge is -2.33. The number of rotatable bonds is 7. The van der Waals surface area contributed by atoms with Crippen LogP contribution in [0, 0.1) is 6.92 Å². The molecule has 0 spiro atoms. The molecule has 182 valence electrons. The van der Waals surface area contributed by atoms with Gasteiger partial charge in [0.1, 0.15) is 0 Å². The third kappa shape index (κ3) is 5.99. The van der Waals surface area contributed by atoms with E-state index in [4.69, 9.17) is 4.52 Å². The Morgan fingerprint density at radius 3 is 2.59 bits per heavy atom. The van der Waals surface area contributed by atoms with Gasteiger partial charge in [-0.1, -0.05) is 24.2 Å². The first-order valence-electron chi connectivity index (χ1n) is 10.9. The van der Waals surface area contributed by atoms with E-state index >= 15 is 0 Å². The average molecular weight is 495 g/mol. The minimum atomic E-state index is -4.43. The predicted molar refractivity (Wildman–Crippen MR) is 121 cm³/mol. The fourth-order valence-electron chi connectivity index (χ4n) is 3.74. The van der Waals surface area contributed by atoms with Crippen molar-refractivity contribution in [3.8, 4) is 11.4 Å². The van der Waals surface area contributed by atoms with Gasteiger partial charge in [-0.25, -0.2) is 4.98 Å².